The minimum atomic E-state index is -0.233. The first-order valence-corrected chi connectivity index (χ1v) is 8.06. The van der Waals surface area contributed by atoms with Gasteiger partial charge in [0.05, 0.1) is 17.3 Å². The number of amides is 1. The molecule has 0 unspecified atom stereocenters. The quantitative estimate of drug-likeness (QED) is 0.721. The molecule has 5 nitrogen and oxygen atoms in total. The lowest BCUT2D eigenvalue weighted by Crippen LogP contribution is -2.28. The van der Waals surface area contributed by atoms with Gasteiger partial charge >= 0.3 is 0 Å². The van der Waals surface area contributed by atoms with Gasteiger partial charge in [0.15, 0.2) is 6.61 Å². The van der Waals surface area contributed by atoms with Crippen LogP contribution in [0.3, 0.4) is 0 Å². The Kier molecular flexibility index (Phi) is 4.83. The number of rotatable bonds is 5. The van der Waals surface area contributed by atoms with E-state index in [1.807, 2.05) is 28.9 Å². The van der Waals surface area contributed by atoms with Gasteiger partial charge in [-0.2, -0.15) is 0 Å². The molecule has 1 N–H and O–H groups in total. The second-order valence-corrected chi connectivity index (χ2v) is 6.16. The van der Waals surface area contributed by atoms with Crippen molar-refractivity contribution in [2.75, 3.05) is 6.61 Å². The van der Waals surface area contributed by atoms with Gasteiger partial charge in [0.1, 0.15) is 11.4 Å². The van der Waals surface area contributed by atoms with Crippen LogP contribution in [-0.4, -0.2) is 21.9 Å². The van der Waals surface area contributed by atoms with Gasteiger partial charge in [0.25, 0.3) is 5.91 Å². The lowest BCUT2D eigenvalue weighted by atomic mass is 10.3. The summed E-state index contributed by atoms with van der Waals surface area (Å²) in [6, 6.07) is 10.8. The van der Waals surface area contributed by atoms with Gasteiger partial charge < -0.3 is 14.5 Å². The highest BCUT2D eigenvalue weighted by Gasteiger charge is 2.07. The first-order chi connectivity index (χ1) is 11.1. The number of ether oxygens (including phenoxy) is 1. The topological polar surface area (TPSA) is 55.6 Å². The summed E-state index contributed by atoms with van der Waals surface area (Å²) in [4.78, 5) is 16.3. The summed E-state index contributed by atoms with van der Waals surface area (Å²) in [5.74, 6) is 0.255. The van der Waals surface area contributed by atoms with E-state index >= 15 is 0 Å². The number of halogens is 2. The fourth-order valence-corrected chi connectivity index (χ4v) is 2.59. The smallest absolute Gasteiger partial charge is 0.258 e. The molecule has 118 valence electrons. The molecule has 0 saturated carbocycles. The summed E-state index contributed by atoms with van der Waals surface area (Å²) < 4.78 is 8.24. The van der Waals surface area contributed by atoms with Gasteiger partial charge in [-0.05, 0) is 40.2 Å². The fraction of sp³-hybridized carbons (Fsp3) is 0.125. The minimum absolute atomic E-state index is 0.0946. The van der Waals surface area contributed by atoms with Crippen LogP contribution in [-0.2, 0) is 11.3 Å². The van der Waals surface area contributed by atoms with Crippen LogP contribution in [0.15, 0.2) is 53.3 Å². The molecule has 0 bridgehead atoms. The predicted molar refractivity (Wildman–Crippen MR) is 91.7 cm³/mol. The number of hydrogen-bond donors (Lipinski definition) is 1. The Bertz CT molecular complexity index is 850. The maximum Gasteiger partial charge on any atom is 0.258 e. The molecule has 0 aliphatic rings. The third-order valence-electron chi connectivity index (χ3n) is 3.13. The summed E-state index contributed by atoms with van der Waals surface area (Å²) in [6.07, 6.45) is 3.78. The molecule has 7 heteroatoms. The third kappa shape index (κ3) is 4.03. The molecule has 0 aliphatic heterocycles. The largest absolute Gasteiger partial charge is 0.482 e. The monoisotopic (exact) mass is 393 g/mol. The average molecular weight is 395 g/mol. The molecule has 0 fully saturated rings. The van der Waals surface area contributed by atoms with Crippen molar-refractivity contribution in [3.05, 3.63) is 64.0 Å². The average Bonchev–Trinajstić information content (AvgIpc) is 2.94. The standard InChI is InChI=1S/C16H13BrClN3O2/c17-11-5-6-15-20-12(9-21(15)8-11)7-19-16(22)10-23-14-4-2-1-3-13(14)18/h1-6,8-9H,7,10H2,(H,19,22). The normalized spacial score (nSPS) is 10.7. The first kappa shape index (κ1) is 15.8. The van der Waals surface area contributed by atoms with Crippen molar-refractivity contribution in [2.24, 2.45) is 0 Å². The first-order valence-electron chi connectivity index (χ1n) is 6.89. The number of hydrogen-bond acceptors (Lipinski definition) is 3. The lowest BCUT2D eigenvalue weighted by Gasteiger charge is -2.07. The van der Waals surface area contributed by atoms with E-state index < -0.39 is 0 Å². The van der Waals surface area contributed by atoms with Gasteiger partial charge in [0.2, 0.25) is 0 Å². The zero-order valence-electron chi connectivity index (χ0n) is 12.0. The highest BCUT2D eigenvalue weighted by atomic mass is 79.9. The van der Waals surface area contributed by atoms with Crippen molar-refractivity contribution in [1.82, 2.24) is 14.7 Å². The number of carbonyl (C=O) groups excluding carboxylic acids is 1. The van der Waals surface area contributed by atoms with E-state index in [1.165, 1.54) is 0 Å². The molecule has 2 heterocycles. The van der Waals surface area contributed by atoms with Crippen LogP contribution in [0.1, 0.15) is 5.69 Å². The van der Waals surface area contributed by atoms with Crippen LogP contribution in [0.4, 0.5) is 0 Å². The minimum Gasteiger partial charge on any atom is -0.482 e. The van der Waals surface area contributed by atoms with Gasteiger partial charge in [0, 0.05) is 16.9 Å². The Hall–Kier alpha value is -2.05. The van der Waals surface area contributed by atoms with E-state index in [2.05, 4.69) is 26.2 Å². The number of nitrogens with one attached hydrogen (secondary N) is 1. The Balaban J connectivity index is 1.54. The second-order valence-electron chi connectivity index (χ2n) is 4.84. The molecule has 0 saturated heterocycles. The second kappa shape index (κ2) is 7.02. The molecular formula is C16H13BrClN3O2. The summed E-state index contributed by atoms with van der Waals surface area (Å²) in [5.41, 5.74) is 1.60. The molecule has 0 atom stereocenters. The Labute approximate surface area is 146 Å². The van der Waals surface area contributed by atoms with Crippen LogP contribution in [0.25, 0.3) is 5.65 Å². The van der Waals surface area contributed by atoms with Gasteiger partial charge in [-0.15, -0.1) is 0 Å². The molecule has 2 aromatic heterocycles. The number of fused-ring (bicyclic) bond motifs is 1. The Morgan fingerprint density at radius 1 is 1.26 bits per heavy atom. The number of imidazole rings is 1. The highest BCUT2D eigenvalue weighted by molar-refractivity contribution is 9.10. The van der Waals surface area contributed by atoms with Crippen molar-refractivity contribution < 1.29 is 9.53 Å². The van der Waals surface area contributed by atoms with Crippen LogP contribution >= 0.6 is 27.5 Å². The van der Waals surface area contributed by atoms with Crippen LogP contribution in [0, 0.1) is 0 Å². The molecule has 3 aromatic rings. The van der Waals surface area contributed by atoms with Crippen molar-refractivity contribution in [3.8, 4) is 5.75 Å². The third-order valence-corrected chi connectivity index (χ3v) is 3.91. The number of aromatic nitrogens is 2. The van der Waals surface area contributed by atoms with E-state index in [4.69, 9.17) is 16.3 Å². The van der Waals surface area contributed by atoms with Crippen molar-refractivity contribution in [3.63, 3.8) is 0 Å². The summed E-state index contributed by atoms with van der Waals surface area (Å²) >= 11 is 9.37. The predicted octanol–water partition coefficient (Wildman–Crippen LogP) is 3.45. The molecule has 0 radical (unpaired) electrons. The van der Waals surface area contributed by atoms with Crippen molar-refractivity contribution in [2.45, 2.75) is 6.54 Å². The SMILES string of the molecule is O=C(COc1ccccc1Cl)NCc1cn2cc(Br)ccc2n1. The zero-order valence-corrected chi connectivity index (χ0v) is 14.3. The number of benzene rings is 1. The lowest BCUT2D eigenvalue weighted by molar-refractivity contribution is -0.123. The molecule has 1 amide bonds. The number of carbonyl (C=O) groups is 1. The van der Waals surface area contributed by atoms with E-state index in [-0.39, 0.29) is 12.5 Å². The molecule has 3 rings (SSSR count). The molecule has 0 spiro atoms. The maximum atomic E-state index is 11.8. The molecule has 0 aliphatic carbocycles. The highest BCUT2D eigenvalue weighted by Crippen LogP contribution is 2.22. The molecule has 1 aromatic carbocycles. The molecular weight excluding hydrogens is 382 g/mol. The van der Waals surface area contributed by atoms with Crippen molar-refractivity contribution in [1.29, 1.82) is 0 Å². The van der Waals surface area contributed by atoms with Gasteiger partial charge in [-0.1, -0.05) is 23.7 Å². The summed E-state index contributed by atoms with van der Waals surface area (Å²) in [5, 5.41) is 3.25. The maximum absolute atomic E-state index is 11.8. The summed E-state index contributed by atoms with van der Waals surface area (Å²) in [6.45, 7) is 0.243. The van der Waals surface area contributed by atoms with Gasteiger partial charge in [-0.3, -0.25) is 4.79 Å². The van der Waals surface area contributed by atoms with Crippen LogP contribution < -0.4 is 10.1 Å². The number of nitrogens with zero attached hydrogens (tertiary/aromatic N) is 2. The summed E-state index contributed by atoms with van der Waals surface area (Å²) in [7, 11) is 0. The van der Waals surface area contributed by atoms with Gasteiger partial charge in [-0.25, -0.2) is 4.98 Å². The van der Waals surface area contributed by atoms with E-state index in [9.17, 15) is 4.79 Å². The molecule has 23 heavy (non-hydrogen) atoms. The number of pyridine rings is 1. The van der Waals surface area contributed by atoms with E-state index in [0.717, 1.165) is 15.8 Å². The fourth-order valence-electron chi connectivity index (χ4n) is 2.05. The van der Waals surface area contributed by atoms with Crippen molar-refractivity contribution >= 4 is 39.1 Å². The van der Waals surface area contributed by atoms with E-state index in [1.54, 1.807) is 24.3 Å². The number of para-hydroxylation sites is 1. The van der Waals surface area contributed by atoms with E-state index in [0.29, 0.717) is 17.3 Å². The Morgan fingerprint density at radius 2 is 2.09 bits per heavy atom. The Morgan fingerprint density at radius 3 is 2.91 bits per heavy atom. The van der Waals surface area contributed by atoms with Crippen LogP contribution in [0.2, 0.25) is 5.02 Å². The zero-order chi connectivity index (χ0) is 16.2. The van der Waals surface area contributed by atoms with Crippen LogP contribution in [0.5, 0.6) is 5.75 Å².